The Morgan fingerprint density at radius 1 is 1.20 bits per heavy atom. The van der Waals surface area contributed by atoms with Crippen molar-refractivity contribution < 1.29 is 19.1 Å². The molecule has 0 aromatic rings. The van der Waals surface area contributed by atoms with Crippen LogP contribution in [0.15, 0.2) is 0 Å². The molecule has 1 aliphatic heterocycles. The molecule has 5 heteroatoms. The summed E-state index contributed by atoms with van der Waals surface area (Å²) in [6.07, 6.45) is 2.72. The van der Waals surface area contributed by atoms with Gasteiger partial charge in [0.25, 0.3) is 0 Å². The van der Waals surface area contributed by atoms with Gasteiger partial charge in [0.2, 0.25) is 5.91 Å². The molecule has 5 nitrogen and oxygen atoms in total. The Bertz CT molecular complexity index is 361. The highest BCUT2D eigenvalue weighted by molar-refractivity contribution is 5.90. The molecule has 0 bridgehead atoms. The van der Waals surface area contributed by atoms with Crippen molar-refractivity contribution in [2.45, 2.75) is 39.2 Å². The molecule has 1 saturated heterocycles. The molecule has 2 unspecified atom stereocenters. The minimum Gasteiger partial charge on any atom is -0.469 e. The van der Waals surface area contributed by atoms with Crippen LogP contribution < -0.4 is 0 Å². The van der Waals surface area contributed by atoms with Crippen LogP contribution in [0.3, 0.4) is 0 Å². The lowest BCUT2D eigenvalue weighted by molar-refractivity contribution is -0.145. The summed E-state index contributed by atoms with van der Waals surface area (Å²) in [6.45, 7) is 6.54. The molecule has 2 aliphatic rings. The summed E-state index contributed by atoms with van der Waals surface area (Å²) in [6, 6.07) is 0. The first kappa shape index (κ1) is 15.3. The number of nitrogens with zero attached hydrogens (tertiary/aromatic N) is 1. The van der Waals surface area contributed by atoms with Crippen molar-refractivity contribution in [2.24, 2.45) is 17.8 Å². The van der Waals surface area contributed by atoms with Crippen LogP contribution in [0.1, 0.15) is 33.1 Å². The second-order valence-electron chi connectivity index (χ2n) is 6.22. The maximum Gasteiger partial charge on any atom is 0.309 e. The summed E-state index contributed by atoms with van der Waals surface area (Å²) in [5.74, 6) is 0.0566. The third kappa shape index (κ3) is 3.72. The van der Waals surface area contributed by atoms with Gasteiger partial charge >= 0.3 is 5.97 Å². The minimum atomic E-state index is -0.251. The Morgan fingerprint density at radius 3 is 2.40 bits per heavy atom. The molecule has 2 atom stereocenters. The van der Waals surface area contributed by atoms with Gasteiger partial charge in [-0.3, -0.25) is 9.59 Å². The average molecular weight is 283 g/mol. The molecule has 0 aromatic carbocycles. The zero-order valence-corrected chi connectivity index (χ0v) is 12.6. The third-order valence-electron chi connectivity index (χ3n) is 4.03. The zero-order valence-electron chi connectivity index (χ0n) is 12.6. The maximum absolute atomic E-state index is 12.2. The number of likely N-dealkylation sites (tertiary alicyclic amines) is 1. The van der Waals surface area contributed by atoms with E-state index in [0.717, 1.165) is 32.5 Å². The summed E-state index contributed by atoms with van der Waals surface area (Å²) in [4.78, 5) is 25.5. The SMILES string of the molecule is COC(=O)C1CC1C(=O)N1CCC(OCC(C)C)CC1. The summed E-state index contributed by atoms with van der Waals surface area (Å²) in [7, 11) is 1.37. The van der Waals surface area contributed by atoms with Crippen LogP contribution in [-0.4, -0.2) is 49.7 Å². The molecule has 1 saturated carbocycles. The monoisotopic (exact) mass is 283 g/mol. The number of rotatable bonds is 5. The van der Waals surface area contributed by atoms with Crippen LogP contribution in [0.5, 0.6) is 0 Å². The molecule has 0 aromatic heterocycles. The Balaban J connectivity index is 1.72. The van der Waals surface area contributed by atoms with Gasteiger partial charge < -0.3 is 14.4 Å². The molecular formula is C15H25NO4. The van der Waals surface area contributed by atoms with Gasteiger partial charge in [-0.1, -0.05) is 13.8 Å². The smallest absolute Gasteiger partial charge is 0.309 e. The van der Waals surface area contributed by atoms with Crippen molar-refractivity contribution >= 4 is 11.9 Å². The van der Waals surface area contributed by atoms with Crippen LogP contribution in [-0.2, 0) is 19.1 Å². The van der Waals surface area contributed by atoms with E-state index >= 15 is 0 Å². The van der Waals surface area contributed by atoms with Crippen molar-refractivity contribution in [1.29, 1.82) is 0 Å². The van der Waals surface area contributed by atoms with Crippen LogP contribution in [0.2, 0.25) is 0 Å². The largest absolute Gasteiger partial charge is 0.469 e. The lowest BCUT2D eigenvalue weighted by Crippen LogP contribution is -2.42. The number of carbonyl (C=O) groups is 2. The minimum absolute atomic E-state index is 0.114. The highest BCUT2D eigenvalue weighted by Gasteiger charge is 2.50. The maximum atomic E-state index is 12.2. The molecule has 0 N–H and O–H groups in total. The fraction of sp³-hybridized carbons (Fsp3) is 0.867. The number of hydrogen-bond donors (Lipinski definition) is 0. The van der Waals surface area contributed by atoms with Gasteiger partial charge in [0, 0.05) is 19.7 Å². The van der Waals surface area contributed by atoms with Gasteiger partial charge in [0.15, 0.2) is 0 Å². The topological polar surface area (TPSA) is 55.8 Å². The molecule has 114 valence electrons. The van der Waals surface area contributed by atoms with E-state index in [1.54, 1.807) is 0 Å². The van der Waals surface area contributed by atoms with Gasteiger partial charge in [-0.05, 0) is 25.2 Å². The number of esters is 1. The highest BCUT2D eigenvalue weighted by atomic mass is 16.5. The van der Waals surface area contributed by atoms with Gasteiger partial charge in [0.1, 0.15) is 0 Å². The van der Waals surface area contributed by atoms with E-state index in [1.807, 2.05) is 4.90 Å². The predicted octanol–water partition coefficient (Wildman–Crippen LogP) is 1.46. The summed E-state index contributed by atoms with van der Waals surface area (Å²) in [5, 5.41) is 0. The van der Waals surface area contributed by atoms with E-state index in [4.69, 9.17) is 4.74 Å². The van der Waals surface area contributed by atoms with E-state index in [9.17, 15) is 9.59 Å². The second-order valence-corrected chi connectivity index (χ2v) is 6.22. The third-order valence-corrected chi connectivity index (χ3v) is 4.03. The van der Waals surface area contributed by atoms with E-state index in [0.29, 0.717) is 12.3 Å². The first-order valence-electron chi connectivity index (χ1n) is 7.51. The van der Waals surface area contributed by atoms with Crippen LogP contribution in [0, 0.1) is 17.8 Å². The van der Waals surface area contributed by atoms with Crippen molar-refractivity contribution in [1.82, 2.24) is 4.90 Å². The molecule has 0 radical (unpaired) electrons. The Labute approximate surface area is 120 Å². The molecule has 1 heterocycles. The van der Waals surface area contributed by atoms with Crippen LogP contribution >= 0.6 is 0 Å². The number of hydrogen-bond acceptors (Lipinski definition) is 4. The number of carbonyl (C=O) groups excluding carboxylic acids is 2. The Kier molecular flexibility index (Phi) is 5.02. The van der Waals surface area contributed by atoms with E-state index in [1.165, 1.54) is 7.11 Å². The fourth-order valence-corrected chi connectivity index (χ4v) is 2.69. The summed E-state index contributed by atoms with van der Waals surface area (Å²) < 4.78 is 10.5. The second kappa shape index (κ2) is 6.57. The first-order chi connectivity index (χ1) is 9.52. The number of methoxy groups -OCH3 is 1. The van der Waals surface area contributed by atoms with Crippen LogP contribution in [0.4, 0.5) is 0 Å². The van der Waals surface area contributed by atoms with Gasteiger partial charge in [-0.15, -0.1) is 0 Å². The van der Waals surface area contributed by atoms with Crippen molar-refractivity contribution in [3.63, 3.8) is 0 Å². The van der Waals surface area contributed by atoms with E-state index in [-0.39, 0.29) is 29.8 Å². The molecule has 2 fully saturated rings. The Morgan fingerprint density at radius 2 is 1.85 bits per heavy atom. The molecule has 0 spiro atoms. The summed E-state index contributed by atoms with van der Waals surface area (Å²) >= 11 is 0. The molecule has 1 aliphatic carbocycles. The molecule has 20 heavy (non-hydrogen) atoms. The van der Waals surface area contributed by atoms with Gasteiger partial charge in [-0.2, -0.15) is 0 Å². The van der Waals surface area contributed by atoms with Crippen molar-refractivity contribution in [2.75, 3.05) is 26.8 Å². The van der Waals surface area contributed by atoms with Gasteiger partial charge in [0.05, 0.1) is 25.0 Å². The highest BCUT2D eigenvalue weighted by Crippen LogP contribution is 2.41. The zero-order chi connectivity index (χ0) is 14.7. The normalized spacial score (nSPS) is 26.7. The molecule has 1 amide bonds. The number of amides is 1. The van der Waals surface area contributed by atoms with Crippen LogP contribution in [0.25, 0.3) is 0 Å². The quantitative estimate of drug-likeness (QED) is 0.717. The molecular weight excluding hydrogens is 258 g/mol. The standard InChI is InChI=1S/C15H25NO4/c1-10(2)9-20-11-4-6-16(7-5-11)14(17)12-8-13(12)15(18)19-3/h10-13H,4-9H2,1-3H3. The Hall–Kier alpha value is -1.10. The average Bonchev–Trinajstić information content (AvgIpc) is 3.24. The van der Waals surface area contributed by atoms with E-state index in [2.05, 4.69) is 18.6 Å². The van der Waals surface area contributed by atoms with Gasteiger partial charge in [-0.25, -0.2) is 0 Å². The predicted molar refractivity (Wildman–Crippen MR) is 74.0 cm³/mol. The lowest BCUT2D eigenvalue weighted by atomic mass is 10.1. The number of piperidine rings is 1. The first-order valence-corrected chi connectivity index (χ1v) is 7.51. The lowest BCUT2D eigenvalue weighted by Gasteiger charge is -2.32. The molecule has 2 rings (SSSR count). The fourth-order valence-electron chi connectivity index (χ4n) is 2.69. The number of ether oxygens (including phenoxy) is 2. The van der Waals surface area contributed by atoms with E-state index < -0.39 is 0 Å². The van der Waals surface area contributed by atoms with Crippen molar-refractivity contribution in [3.8, 4) is 0 Å². The summed E-state index contributed by atoms with van der Waals surface area (Å²) in [5.41, 5.74) is 0. The van der Waals surface area contributed by atoms with Crippen molar-refractivity contribution in [3.05, 3.63) is 0 Å².